The number of rotatable bonds is 3. The Kier molecular flexibility index (Phi) is 8.18. The number of aryl methyl sites for hydroxylation is 1. The van der Waals surface area contributed by atoms with Crippen molar-refractivity contribution in [1.82, 2.24) is 9.97 Å². The third kappa shape index (κ3) is 6.14. The summed E-state index contributed by atoms with van der Waals surface area (Å²) in [5.74, 6) is 0. The maximum Gasteiger partial charge on any atom is 0.135 e. The number of hydrogen-bond acceptors (Lipinski definition) is 3. The van der Waals surface area contributed by atoms with Crippen molar-refractivity contribution in [3.8, 4) is 22.5 Å². The monoisotopic (exact) mass is 677 g/mol. The van der Waals surface area contributed by atoms with Crippen molar-refractivity contribution in [3.63, 3.8) is 0 Å². The van der Waals surface area contributed by atoms with Crippen LogP contribution in [0.3, 0.4) is 0 Å². The van der Waals surface area contributed by atoms with Crippen LogP contribution in [0.2, 0.25) is 19.6 Å². The first-order valence-corrected chi connectivity index (χ1v) is 15.6. The Morgan fingerprint density at radius 2 is 1.32 bits per heavy atom. The Balaban J connectivity index is 0.000000173. The first kappa shape index (κ1) is 26.7. The summed E-state index contributed by atoms with van der Waals surface area (Å²) in [6.45, 7) is 9.06. The molecular formula is C32H28IrN2OSi-2. The molecule has 0 aliphatic rings. The van der Waals surface area contributed by atoms with Crippen molar-refractivity contribution in [2.24, 2.45) is 0 Å². The van der Waals surface area contributed by atoms with Gasteiger partial charge in [-0.25, -0.2) is 0 Å². The van der Waals surface area contributed by atoms with Crippen LogP contribution < -0.4 is 5.19 Å². The summed E-state index contributed by atoms with van der Waals surface area (Å²) in [7, 11) is -1.23. The second-order valence-corrected chi connectivity index (χ2v) is 15.0. The third-order valence-corrected chi connectivity index (χ3v) is 8.14. The largest absolute Gasteiger partial charge is 0.457 e. The summed E-state index contributed by atoms with van der Waals surface area (Å²) in [4.78, 5) is 9.05. The fourth-order valence-corrected chi connectivity index (χ4v) is 5.06. The molecule has 0 N–H and O–H groups in total. The molecule has 0 bridgehead atoms. The zero-order valence-corrected chi connectivity index (χ0v) is 24.8. The summed E-state index contributed by atoms with van der Waals surface area (Å²) < 4.78 is 5.94. The molecule has 3 aromatic heterocycles. The van der Waals surface area contributed by atoms with E-state index in [0.717, 1.165) is 44.5 Å². The van der Waals surface area contributed by atoms with E-state index in [1.807, 2.05) is 67.0 Å². The molecule has 0 saturated heterocycles. The topological polar surface area (TPSA) is 38.9 Å². The van der Waals surface area contributed by atoms with Gasteiger partial charge in [-0.3, -0.25) is 0 Å². The molecule has 0 fully saturated rings. The summed E-state index contributed by atoms with van der Waals surface area (Å²) in [6.07, 6.45) is 3.90. The van der Waals surface area contributed by atoms with Gasteiger partial charge in [0.05, 0.1) is 8.07 Å². The average molecular weight is 677 g/mol. The smallest absolute Gasteiger partial charge is 0.135 e. The van der Waals surface area contributed by atoms with Crippen LogP contribution in [0.4, 0.5) is 0 Å². The van der Waals surface area contributed by atoms with Crippen LogP contribution in [0.25, 0.3) is 44.5 Å². The van der Waals surface area contributed by atoms with Crippen molar-refractivity contribution in [2.45, 2.75) is 26.6 Å². The zero-order chi connectivity index (χ0) is 25.1. The third-order valence-electron chi connectivity index (χ3n) is 6.11. The fraction of sp³-hybridized carbons (Fsp3) is 0.125. The van der Waals surface area contributed by atoms with Crippen LogP contribution in [0.1, 0.15) is 5.56 Å². The molecule has 6 rings (SSSR count). The van der Waals surface area contributed by atoms with Crippen LogP contribution in [0.5, 0.6) is 0 Å². The van der Waals surface area contributed by atoms with Gasteiger partial charge in [-0.05, 0) is 41.2 Å². The SMILES string of the molecule is C[Si](C)(C)c1ccc(-c2[c-]cccc2)nc1.Cc1ccc2c(c1)oc1cc(-c3[c-]cccc3)ncc12.[Ir]. The van der Waals surface area contributed by atoms with E-state index in [2.05, 4.69) is 79.0 Å². The zero-order valence-electron chi connectivity index (χ0n) is 21.4. The molecule has 5 heteroatoms. The van der Waals surface area contributed by atoms with Gasteiger partial charge in [-0.1, -0.05) is 43.9 Å². The van der Waals surface area contributed by atoms with Gasteiger partial charge in [-0.15, -0.1) is 71.8 Å². The quantitative estimate of drug-likeness (QED) is 0.142. The van der Waals surface area contributed by atoms with Crippen molar-refractivity contribution in [3.05, 3.63) is 115 Å². The minimum absolute atomic E-state index is 0. The van der Waals surface area contributed by atoms with Gasteiger partial charge in [0.1, 0.15) is 11.2 Å². The van der Waals surface area contributed by atoms with Crippen LogP contribution in [0.15, 0.2) is 102 Å². The molecule has 0 spiro atoms. The first-order valence-electron chi connectivity index (χ1n) is 12.1. The van der Waals surface area contributed by atoms with Crippen LogP contribution in [0, 0.1) is 19.1 Å². The van der Waals surface area contributed by atoms with Crippen molar-refractivity contribution < 1.29 is 24.5 Å². The average Bonchev–Trinajstić information content (AvgIpc) is 3.26. The number of hydrogen-bond donors (Lipinski definition) is 0. The molecule has 3 nitrogen and oxygen atoms in total. The van der Waals surface area contributed by atoms with E-state index in [1.165, 1.54) is 10.8 Å². The standard InChI is InChI=1S/C18H12NO.C14H16NSi.Ir/c1-12-7-8-14-15-11-19-16(13-5-3-2-4-6-13)10-18(15)20-17(14)9-12;1-16(2,3)13-9-10-14(15-11-13)12-7-5-4-6-8-12;/h2-5,7-11H,1H3;4-7,9-11H,1-3H3;/q2*-1;. The molecule has 0 saturated carbocycles. The molecule has 3 heterocycles. The van der Waals surface area contributed by atoms with E-state index in [4.69, 9.17) is 4.42 Å². The summed E-state index contributed by atoms with van der Waals surface area (Å²) in [5.41, 5.74) is 6.90. The molecule has 3 aromatic carbocycles. The summed E-state index contributed by atoms with van der Waals surface area (Å²) in [5, 5.41) is 3.56. The normalized spacial score (nSPS) is 11.0. The number of nitrogens with zero attached hydrogens (tertiary/aromatic N) is 2. The number of aromatic nitrogens is 2. The molecule has 0 atom stereocenters. The van der Waals surface area contributed by atoms with Crippen molar-refractivity contribution in [1.29, 1.82) is 0 Å². The van der Waals surface area contributed by atoms with Gasteiger partial charge < -0.3 is 14.4 Å². The second kappa shape index (κ2) is 11.3. The van der Waals surface area contributed by atoms with E-state index in [9.17, 15) is 0 Å². The Morgan fingerprint density at radius 3 is 1.92 bits per heavy atom. The van der Waals surface area contributed by atoms with Gasteiger partial charge in [0.25, 0.3) is 0 Å². The number of pyridine rings is 2. The van der Waals surface area contributed by atoms with Gasteiger partial charge in [-0.2, -0.15) is 0 Å². The Hall–Kier alpha value is -3.37. The molecule has 0 unspecified atom stereocenters. The predicted octanol–water partition coefficient (Wildman–Crippen LogP) is 7.85. The maximum atomic E-state index is 5.94. The number of furan rings is 1. The predicted molar refractivity (Wildman–Crippen MR) is 152 cm³/mol. The Labute approximate surface area is 233 Å². The van der Waals surface area contributed by atoms with Gasteiger partial charge in [0.2, 0.25) is 0 Å². The molecule has 37 heavy (non-hydrogen) atoms. The molecule has 0 aliphatic heterocycles. The minimum atomic E-state index is -1.23. The number of benzene rings is 3. The Bertz CT molecular complexity index is 1610. The molecule has 187 valence electrons. The second-order valence-electron chi connectivity index (χ2n) is 9.90. The van der Waals surface area contributed by atoms with E-state index in [0.29, 0.717) is 0 Å². The van der Waals surface area contributed by atoms with Crippen LogP contribution in [-0.2, 0) is 20.1 Å². The van der Waals surface area contributed by atoms with Gasteiger partial charge >= 0.3 is 0 Å². The van der Waals surface area contributed by atoms with Gasteiger partial charge in [0, 0.05) is 43.3 Å². The molecule has 0 aliphatic carbocycles. The van der Waals surface area contributed by atoms with E-state index < -0.39 is 8.07 Å². The van der Waals surface area contributed by atoms with Crippen LogP contribution >= 0.6 is 0 Å². The molecule has 0 amide bonds. The van der Waals surface area contributed by atoms with E-state index >= 15 is 0 Å². The summed E-state index contributed by atoms with van der Waals surface area (Å²) in [6, 6.07) is 34.7. The fourth-order valence-electron chi connectivity index (χ4n) is 4.03. The van der Waals surface area contributed by atoms with Crippen molar-refractivity contribution in [2.75, 3.05) is 0 Å². The van der Waals surface area contributed by atoms with Gasteiger partial charge in [0.15, 0.2) is 0 Å². The molecule has 1 radical (unpaired) electrons. The number of fused-ring (bicyclic) bond motifs is 3. The van der Waals surface area contributed by atoms with E-state index in [1.54, 1.807) is 0 Å². The van der Waals surface area contributed by atoms with E-state index in [-0.39, 0.29) is 20.1 Å². The van der Waals surface area contributed by atoms with Crippen molar-refractivity contribution >= 4 is 35.2 Å². The van der Waals surface area contributed by atoms with Crippen LogP contribution in [-0.4, -0.2) is 18.0 Å². The minimum Gasteiger partial charge on any atom is -0.457 e. The Morgan fingerprint density at radius 1 is 0.676 bits per heavy atom. The maximum absolute atomic E-state index is 5.94. The molecular weight excluding hydrogens is 649 g/mol. The summed E-state index contributed by atoms with van der Waals surface area (Å²) >= 11 is 0. The first-order chi connectivity index (χ1) is 17.4. The molecule has 6 aromatic rings.